The summed E-state index contributed by atoms with van der Waals surface area (Å²) in [5.41, 5.74) is 4.53. The lowest BCUT2D eigenvalue weighted by Gasteiger charge is -2.34. The molecule has 2 aromatic rings. The number of aryl methyl sites for hydroxylation is 2. The molecule has 1 aliphatic rings. The standard InChI is InChI=1S/C19H23ClN4S/c1-14-11-15(2)18(17(20)12-14)22-19(25)24-9-7-23(8-10-24)13-16-3-5-21-6-4-16/h3-6,11-12H,7-10,13H2,1-2H3,(H,22,25)/p+1. The molecule has 2 heterocycles. The summed E-state index contributed by atoms with van der Waals surface area (Å²) < 4.78 is 0. The molecule has 132 valence electrons. The third kappa shape index (κ3) is 4.69. The Labute approximate surface area is 159 Å². The summed E-state index contributed by atoms with van der Waals surface area (Å²) in [6, 6.07) is 8.27. The van der Waals surface area contributed by atoms with Crippen molar-refractivity contribution in [2.24, 2.45) is 0 Å². The zero-order valence-electron chi connectivity index (χ0n) is 14.7. The van der Waals surface area contributed by atoms with E-state index in [-0.39, 0.29) is 0 Å². The van der Waals surface area contributed by atoms with E-state index in [1.54, 1.807) is 4.90 Å². The Balaban J connectivity index is 1.55. The first-order valence-corrected chi connectivity index (χ1v) is 9.36. The molecule has 3 rings (SSSR count). The zero-order chi connectivity index (χ0) is 17.8. The van der Waals surface area contributed by atoms with Crippen molar-refractivity contribution in [3.05, 3.63) is 58.4 Å². The van der Waals surface area contributed by atoms with Crippen molar-refractivity contribution < 1.29 is 4.90 Å². The highest BCUT2D eigenvalue weighted by molar-refractivity contribution is 7.80. The van der Waals surface area contributed by atoms with Gasteiger partial charge in [-0.2, -0.15) is 0 Å². The zero-order valence-corrected chi connectivity index (χ0v) is 16.3. The SMILES string of the molecule is Cc1cc(C)c(NC(=S)N2CC[NH+](Cc3ccncc3)CC2)c(Cl)c1. The van der Waals surface area contributed by atoms with Gasteiger partial charge in [0.1, 0.15) is 6.54 Å². The predicted octanol–water partition coefficient (Wildman–Crippen LogP) is 2.45. The van der Waals surface area contributed by atoms with Crippen LogP contribution in [0.1, 0.15) is 16.7 Å². The summed E-state index contributed by atoms with van der Waals surface area (Å²) in [5, 5.41) is 4.83. The molecule has 1 aromatic heterocycles. The van der Waals surface area contributed by atoms with Gasteiger partial charge in [-0.1, -0.05) is 17.7 Å². The number of aromatic nitrogens is 1. The Morgan fingerprint density at radius 3 is 2.56 bits per heavy atom. The van der Waals surface area contributed by atoms with Crippen LogP contribution in [0.15, 0.2) is 36.7 Å². The third-order valence-electron chi connectivity index (χ3n) is 4.62. The number of anilines is 1. The molecule has 0 saturated carbocycles. The lowest BCUT2D eigenvalue weighted by molar-refractivity contribution is -0.917. The maximum absolute atomic E-state index is 6.38. The van der Waals surface area contributed by atoms with Crippen molar-refractivity contribution in [1.29, 1.82) is 0 Å². The monoisotopic (exact) mass is 375 g/mol. The van der Waals surface area contributed by atoms with Crippen molar-refractivity contribution in [2.75, 3.05) is 31.5 Å². The van der Waals surface area contributed by atoms with Crippen LogP contribution in [0.25, 0.3) is 0 Å². The van der Waals surface area contributed by atoms with E-state index in [0.717, 1.165) is 59.7 Å². The summed E-state index contributed by atoms with van der Waals surface area (Å²) >= 11 is 12.0. The van der Waals surface area contributed by atoms with E-state index in [1.165, 1.54) is 5.56 Å². The van der Waals surface area contributed by atoms with Gasteiger partial charge >= 0.3 is 0 Å². The number of nitrogens with zero attached hydrogens (tertiary/aromatic N) is 2. The highest BCUT2D eigenvalue weighted by atomic mass is 35.5. The Kier molecular flexibility index (Phi) is 5.89. The maximum Gasteiger partial charge on any atom is 0.173 e. The minimum absolute atomic E-state index is 0.724. The fourth-order valence-electron chi connectivity index (χ4n) is 3.25. The minimum Gasteiger partial charge on any atom is -0.338 e. The number of thiocarbonyl (C=S) groups is 1. The molecule has 1 aromatic carbocycles. The second kappa shape index (κ2) is 8.13. The molecule has 0 amide bonds. The van der Waals surface area contributed by atoms with E-state index in [4.69, 9.17) is 23.8 Å². The molecule has 0 bridgehead atoms. The lowest BCUT2D eigenvalue weighted by Crippen LogP contribution is -3.13. The van der Waals surface area contributed by atoms with Crippen LogP contribution < -0.4 is 10.2 Å². The number of hydrogen-bond donors (Lipinski definition) is 2. The number of hydrogen-bond acceptors (Lipinski definition) is 2. The maximum atomic E-state index is 6.38. The minimum atomic E-state index is 0.724. The summed E-state index contributed by atoms with van der Waals surface area (Å²) in [5.74, 6) is 0. The Morgan fingerprint density at radius 2 is 1.92 bits per heavy atom. The topological polar surface area (TPSA) is 32.6 Å². The lowest BCUT2D eigenvalue weighted by atomic mass is 10.1. The molecule has 6 heteroatoms. The Hall–Kier alpha value is -1.69. The Bertz CT molecular complexity index is 719. The first kappa shape index (κ1) is 18.1. The predicted molar refractivity (Wildman–Crippen MR) is 107 cm³/mol. The summed E-state index contributed by atoms with van der Waals surface area (Å²) in [6.45, 7) is 9.20. The van der Waals surface area contributed by atoms with Gasteiger partial charge in [-0.3, -0.25) is 4.98 Å². The number of rotatable bonds is 3. The molecule has 1 fully saturated rings. The van der Waals surface area contributed by atoms with Gasteiger partial charge in [0.15, 0.2) is 5.11 Å². The number of pyridine rings is 1. The highest BCUT2D eigenvalue weighted by Crippen LogP contribution is 2.27. The van der Waals surface area contributed by atoms with E-state index in [0.29, 0.717) is 0 Å². The molecular formula is C19H24ClN4S+. The number of benzene rings is 1. The molecule has 1 saturated heterocycles. The van der Waals surface area contributed by atoms with Crippen molar-refractivity contribution in [1.82, 2.24) is 9.88 Å². The van der Waals surface area contributed by atoms with E-state index in [9.17, 15) is 0 Å². The van der Waals surface area contributed by atoms with Crippen molar-refractivity contribution in [3.8, 4) is 0 Å². The van der Waals surface area contributed by atoms with Crippen molar-refractivity contribution >= 4 is 34.6 Å². The second-order valence-corrected chi connectivity index (χ2v) is 7.43. The molecule has 0 spiro atoms. The van der Waals surface area contributed by atoms with Crippen LogP contribution in [0.4, 0.5) is 5.69 Å². The molecule has 25 heavy (non-hydrogen) atoms. The summed E-state index contributed by atoms with van der Waals surface area (Å²) in [7, 11) is 0. The number of piperazine rings is 1. The highest BCUT2D eigenvalue weighted by Gasteiger charge is 2.22. The van der Waals surface area contributed by atoms with Gasteiger partial charge in [0.25, 0.3) is 0 Å². The van der Waals surface area contributed by atoms with Crippen molar-refractivity contribution in [3.63, 3.8) is 0 Å². The number of halogens is 1. The van der Waals surface area contributed by atoms with Crippen LogP contribution in [0.3, 0.4) is 0 Å². The van der Waals surface area contributed by atoms with Crippen LogP contribution in [-0.4, -0.2) is 41.2 Å². The molecule has 0 radical (unpaired) electrons. The van der Waals surface area contributed by atoms with E-state index in [1.807, 2.05) is 25.4 Å². The van der Waals surface area contributed by atoms with E-state index >= 15 is 0 Å². The molecule has 2 N–H and O–H groups in total. The van der Waals surface area contributed by atoms with Crippen LogP contribution in [0.2, 0.25) is 5.02 Å². The summed E-state index contributed by atoms with van der Waals surface area (Å²) in [6.07, 6.45) is 3.72. The quantitative estimate of drug-likeness (QED) is 0.807. The first-order valence-electron chi connectivity index (χ1n) is 8.58. The number of quaternary nitrogens is 1. The fraction of sp³-hybridized carbons (Fsp3) is 0.368. The van der Waals surface area contributed by atoms with Gasteiger partial charge in [-0.25, -0.2) is 0 Å². The molecular weight excluding hydrogens is 352 g/mol. The van der Waals surface area contributed by atoms with Crippen LogP contribution in [-0.2, 0) is 6.54 Å². The molecule has 4 nitrogen and oxygen atoms in total. The van der Waals surface area contributed by atoms with Crippen molar-refractivity contribution in [2.45, 2.75) is 20.4 Å². The molecule has 0 atom stereocenters. The van der Waals surface area contributed by atoms with Crippen LogP contribution >= 0.6 is 23.8 Å². The average Bonchev–Trinajstić information content (AvgIpc) is 2.59. The fourth-order valence-corrected chi connectivity index (χ4v) is 3.91. The van der Waals surface area contributed by atoms with Gasteiger partial charge in [0.05, 0.1) is 36.9 Å². The van der Waals surface area contributed by atoms with E-state index in [2.05, 4.69) is 40.3 Å². The van der Waals surface area contributed by atoms with Crippen LogP contribution in [0.5, 0.6) is 0 Å². The largest absolute Gasteiger partial charge is 0.338 e. The number of nitrogens with one attached hydrogen (secondary N) is 2. The molecule has 0 unspecified atom stereocenters. The Morgan fingerprint density at radius 1 is 1.24 bits per heavy atom. The second-order valence-electron chi connectivity index (χ2n) is 6.64. The van der Waals surface area contributed by atoms with E-state index < -0.39 is 0 Å². The van der Waals surface area contributed by atoms with Gasteiger partial charge < -0.3 is 15.1 Å². The van der Waals surface area contributed by atoms with Crippen LogP contribution in [0, 0.1) is 13.8 Å². The van der Waals surface area contributed by atoms with Gasteiger partial charge in [-0.15, -0.1) is 0 Å². The molecule has 1 aliphatic heterocycles. The summed E-state index contributed by atoms with van der Waals surface area (Å²) in [4.78, 5) is 7.90. The van der Waals surface area contributed by atoms with Gasteiger partial charge in [0.2, 0.25) is 0 Å². The van der Waals surface area contributed by atoms with Gasteiger partial charge in [0, 0.05) is 18.0 Å². The normalized spacial score (nSPS) is 15.2. The molecule has 0 aliphatic carbocycles. The average molecular weight is 376 g/mol. The third-order valence-corrected chi connectivity index (χ3v) is 5.28. The van der Waals surface area contributed by atoms with Gasteiger partial charge in [-0.05, 0) is 55.4 Å². The first-order chi connectivity index (χ1) is 12.0. The smallest absolute Gasteiger partial charge is 0.173 e.